The van der Waals surface area contributed by atoms with E-state index in [1.54, 1.807) is 0 Å². The molecule has 2 unspecified atom stereocenters. The van der Waals surface area contributed by atoms with Crippen molar-refractivity contribution in [3.05, 3.63) is 12.2 Å². The van der Waals surface area contributed by atoms with Crippen molar-refractivity contribution in [3.8, 4) is 0 Å². The van der Waals surface area contributed by atoms with Crippen molar-refractivity contribution < 1.29 is 19.4 Å². The Hall–Kier alpha value is -1.32. The number of hydrogen-bond acceptors (Lipinski definition) is 3. The lowest BCUT2D eigenvalue weighted by molar-refractivity contribution is -0.161. The maximum atomic E-state index is 12.8. The average molecular weight is 334 g/mol. The number of carbonyl (C=O) groups excluding carboxylic acids is 1. The topological polar surface area (TPSA) is 63.6 Å². The molecule has 0 radical (unpaired) electrons. The third-order valence-corrected chi connectivity index (χ3v) is 7.48. The lowest BCUT2D eigenvalue weighted by Gasteiger charge is -2.46. The van der Waals surface area contributed by atoms with Gasteiger partial charge in [0.25, 0.3) is 0 Å². The van der Waals surface area contributed by atoms with Gasteiger partial charge in [0.1, 0.15) is 5.60 Å². The van der Waals surface area contributed by atoms with Crippen LogP contribution in [0, 0.1) is 28.6 Å². The number of allylic oxidation sites excluding steroid dienone is 1. The monoisotopic (exact) mass is 334 g/mol. The zero-order valence-corrected chi connectivity index (χ0v) is 15.4. The molecule has 1 N–H and O–H groups in total. The first-order valence-electron chi connectivity index (χ1n) is 9.30. The Labute approximate surface area is 144 Å². The van der Waals surface area contributed by atoms with Gasteiger partial charge in [0.15, 0.2) is 0 Å². The van der Waals surface area contributed by atoms with Crippen molar-refractivity contribution in [2.75, 3.05) is 0 Å². The van der Waals surface area contributed by atoms with Crippen molar-refractivity contribution in [2.45, 2.75) is 71.8 Å². The van der Waals surface area contributed by atoms with Crippen LogP contribution in [0.3, 0.4) is 0 Å². The normalized spacial score (nSPS) is 47.2. The summed E-state index contributed by atoms with van der Waals surface area (Å²) >= 11 is 0. The van der Waals surface area contributed by atoms with Crippen LogP contribution < -0.4 is 0 Å². The molecular weight excluding hydrogens is 304 g/mol. The summed E-state index contributed by atoms with van der Waals surface area (Å²) in [5.74, 6) is -1.67. The third-order valence-electron chi connectivity index (χ3n) is 7.48. The van der Waals surface area contributed by atoms with E-state index in [0.717, 1.165) is 37.7 Å². The van der Waals surface area contributed by atoms with Gasteiger partial charge in [-0.05, 0) is 51.4 Å². The molecular formula is C20H30O4. The van der Waals surface area contributed by atoms with Crippen LogP contribution >= 0.6 is 0 Å². The number of hydrogen-bond donors (Lipinski definition) is 1. The molecule has 3 rings (SSSR count). The second-order valence-electron chi connectivity index (χ2n) is 8.64. The first-order valence-corrected chi connectivity index (χ1v) is 9.30. The smallest absolute Gasteiger partial charge is 0.312 e. The zero-order valence-electron chi connectivity index (χ0n) is 15.4. The number of carbonyl (C=O) groups is 2. The first-order chi connectivity index (χ1) is 11.2. The van der Waals surface area contributed by atoms with Gasteiger partial charge in [-0.2, -0.15) is 0 Å². The van der Waals surface area contributed by atoms with E-state index in [2.05, 4.69) is 13.5 Å². The van der Waals surface area contributed by atoms with Gasteiger partial charge in [0, 0.05) is 11.8 Å². The SMILES string of the molecule is C=C1CC[C@@H]2[C@@](CC)(C1)[C@@H](C(=O)O)C1C(C)(CCC)C(=O)O[C@@]12C. The molecule has 0 aromatic carbocycles. The summed E-state index contributed by atoms with van der Waals surface area (Å²) in [6, 6.07) is 0. The summed E-state index contributed by atoms with van der Waals surface area (Å²) in [5.41, 5.74) is -0.559. The van der Waals surface area contributed by atoms with E-state index in [1.165, 1.54) is 0 Å². The Bertz CT molecular complexity index is 596. The van der Waals surface area contributed by atoms with Gasteiger partial charge in [-0.15, -0.1) is 0 Å². The fourth-order valence-corrected chi connectivity index (χ4v) is 6.71. The summed E-state index contributed by atoms with van der Waals surface area (Å²) in [6.07, 6.45) is 4.85. The van der Waals surface area contributed by atoms with Crippen molar-refractivity contribution in [1.82, 2.24) is 0 Å². The summed E-state index contributed by atoms with van der Waals surface area (Å²) in [5, 5.41) is 10.2. The number of carboxylic acid groups (broad SMARTS) is 1. The van der Waals surface area contributed by atoms with Gasteiger partial charge < -0.3 is 9.84 Å². The van der Waals surface area contributed by atoms with Crippen molar-refractivity contribution in [2.24, 2.45) is 28.6 Å². The minimum Gasteiger partial charge on any atom is -0.481 e. The molecule has 0 aromatic heterocycles. The van der Waals surface area contributed by atoms with E-state index >= 15 is 0 Å². The largest absolute Gasteiger partial charge is 0.481 e. The van der Waals surface area contributed by atoms with Crippen LogP contribution in [0.2, 0.25) is 0 Å². The highest BCUT2D eigenvalue weighted by atomic mass is 16.6. The van der Waals surface area contributed by atoms with E-state index in [1.807, 2.05) is 20.8 Å². The van der Waals surface area contributed by atoms with E-state index in [0.29, 0.717) is 6.42 Å². The highest BCUT2D eigenvalue weighted by molar-refractivity contribution is 5.84. The highest BCUT2D eigenvalue weighted by Gasteiger charge is 2.77. The zero-order chi connectivity index (χ0) is 17.9. The molecule has 1 aliphatic heterocycles. The van der Waals surface area contributed by atoms with E-state index in [9.17, 15) is 14.7 Å². The molecule has 0 aromatic rings. The molecule has 0 bridgehead atoms. The van der Waals surface area contributed by atoms with Crippen LogP contribution in [0.1, 0.15) is 66.2 Å². The van der Waals surface area contributed by atoms with Crippen molar-refractivity contribution in [1.29, 1.82) is 0 Å². The first kappa shape index (κ1) is 17.5. The van der Waals surface area contributed by atoms with E-state index in [-0.39, 0.29) is 23.2 Å². The molecule has 3 fully saturated rings. The minimum absolute atomic E-state index is 0.106. The summed E-state index contributed by atoms with van der Waals surface area (Å²) in [7, 11) is 0. The molecule has 24 heavy (non-hydrogen) atoms. The fraction of sp³-hybridized carbons (Fsp3) is 0.800. The number of aliphatic carboxylic acids is 1. The van der Waals surface area contributed by atoms with Crippen molar-refractivity contribution >= 4 is 11.9 Å². The summed E-state index contributed by atoms with van der Waals surface area (Å²) < 4.78 is 6.02. The maximum Gasteiger partial charge on any atom is 0.312 e. The Balaban J connectivity index is 2.20. The van der Waals surface area contributed by atoms with Crippen LogP contribution in [0.5, 0.6) is 0 Å². The van der Waals surface area contributed by atoms with Gasteiger partial charge in [-0.25, -0.2) is 0 Å². The quantitative estimate of drug-likeness (QED) is 0.618. The third kappa shape index (κ3) is 1.91. The van der Waals surface area contributed by atoms with Crippen LogP contribution in [0.15, 0.2) is 12.2 Å². The summed E-state index contributed by atoms with van der Waals surface area (Å²) in [4.78, 5) is 25.2. The molecule has 0 amide bonds. The highest BCUT2D eigenvalue weighted by Crippen LogP contribution is 2.72. The second-order valence-corrected chi connectivity index (χ2v) is 8.64. The van der Waals surface area contributed by atoms with E-state index < -0.39 is 22.9 Å². The molecule has 134 valence electrons. The number of carboxylic acids is 1. The predicted octanol–water partition coefficient (Wildman–Crippen LogP) is 4.19. The van der Waals surface area contributed by atoms with Gasteiger partial charge in [0.2, 0.25) is 0 Å². The van der Waals surface area contributed by atoms with E-state index in [4.69, 9.17) is 4.74 Å². The number of rotatable bonds is 4. The standard InChI is InChI=1S/C20H30O4/c1-6-10-18(4)15-14(16(21)22)20(7-2)11-12(3)8-9-13(20)19(15,5)24-17(18)23/h13-15H,3,6-11H2,1-2,4-5H3,(H,21,22)/t13-,14+,15?,18?,19+,20+/m0/s1. The Morgan fingerprint density at radius 3 is 2.58 bits per heavy atom. The number of esters is 1. The van der Waals surface area contributed by atoms with Crippen molar-refractivity contribution in [3.63, 3.8) is 0 Å². The summed E-state index contributed by atoms with van der Waals surface area (Å²) in [6.45, 7) is 12.2. The predicted molar refractivity (Wildman–Crippen MR) is 91.3 cm³/mol. The molecule has 6 atom stereocenters. The molecule has 2 saturated carbocycles. The van der Waals surface area contributed by atoms with Gasteiger partial charge in [0.05, 0.1) is 11.3 Å². The van der Waals surface area contributed by atoms with Gasteiger partial charge in [-0.1, -0.05) is 32.4 Å². The Morgan fingerprint density at radius 1 is 1.38 bits per heavy atom. The van der Waals surface area contributed by atoms with Gasteiger partial charge >= 0.3 is 11.9 Å². The molecule has 2 aliphatic carbocycles. The van der Waals surface area contributed by atoms with Crippen LogP contribution in [0.25, 0.3) is 0 Å². The Morgan fingerprint density at radius 2 is 2.04 bits per heavy atom. The maximum absolute atomic E-state index is 12.8. The molecule has 0 spiro atoms. The second kappa shape index (κ2) is 5.34. The van der Waals surface area contributed by atoms with Gasteiger partial charge in [-0.3, -0.25) is 9.59 Å². The lowest BCUT2D eigenvalue weighted by atomic mass is 9.59. The Kier molecular flexibility index (Phi) is 3.89. The fourth-order valence-electron chi connectivity index (χ4n) is 6.71. The van der Waals surface area contributed by atoms with Crippen LogP contribution in [0.4, 0.5) is 0 Å². The lowest BCUT2D eigenvalue weighted by Crippen LogP contribution is -2.45. The molecule has 4 nitrogen and oxygen atoms in total. The number of fused-ring (bicyclic) bond motifs is 3. The van der Waals surface area contributed by atoms with Crippen LogP contribution in [-0.2, 0) is 14.3 Å². The number of ether oxygens (including phenoxy) is 1. The van der Waals surface area contributed by atoms with Crippen LogP contribution in [-0.4, -0.2) is 22.6 Å². The molecule has 1 heterocycles. The minimum atomic E-state index is -0.772. The molecule has 4 heteroatoms. The average Bonchev–Trinajstić information content (AvgIpc) is 2.83. The molecule has 3 aliphatic rings. The molecule has 1 saturated heterocycles.